The van der Waals surface area contributed by atoms with E-state index in [-0.39, 0.29) is 18.4 Å². The maximum atomic E-state index is 12.0. The summed E-state index contributed by atoms with van der Waals surface area (Å²) in [6.45, 7) is 2.74. The van der Waals surface area contributed by atoms with Crippen molar-refractivity contribution >= 4 is 17.8 Å². The number of hydrogen-bond acceptors (Lipinski definition) is 5. The molecule has 7 nitrogen and oxygen atoms in total. The van der Waals surface area contributed by atoms with Gasteiger partial charge in [0.05, 0.1) is 6.54 Å². The van der Waals surface area contributed by atoms with E-state index in [0.717, 1.165) is 12.8 Å². The molecule has 2 atom stereocenters. The molecule has 21 heavy (non-hydrogen) atoms. The van der Waals surface area contributed by atoms with Crippen LogP contribution in [-0.2, 0) is 9.59 Å². The third-order valence-electron chi connectivity index (χ3n) is 3.85. The summed E-state index contributed by atoms with van der Waals surface area (Å²) in [5.41, 5.74) is 0. The number of nitrogens with one attached hydrogen (secondary N) is 1. The molecule has 0 bridgehead atoms. The topological polar surface area (TPSA) is 95.4 Å². The van der Waals surface area contributed by atoms with Crippen molar-refractivity contribution in [2.75, 3.05) is 18.4 Å². The van der Waals surface area contributed by atoms with Gasteiger partial charge in [-0.2, -0.15) is 0 Å². The predicted molar refractivity (Wildman–Crippen MR) is 76.7 cm³/mol. The molecule has 1 aliphatic rings. The zero-order valence-electron chi connectivity index (χ0n) is 12.0. The Hall–Kier alpha value is -2.02. The number of piperidine rings is 1. The Morgan fingerprint density at radius 3 is 2.76 bits per heavy atom. The van der Waals surface area contributed by atoms with Gasteiger partial charge >= 0.3 is 5.97 Å². The third kappa shape index (κ3) is 4.22. The minimum atomic E-state index is -0.864. The Morgan fingerprint density at radius 1 is 1.43 bits per heavy atom. The number of aliphatic carboxylic acids is 1. The number of hydrogen-bond donors (Lipinski definition) is 2. The highest BCUT2D eigenvalue weighted by Crippen LogP contribution is 2.25. The van der Waals surface area contributed by atoms with Crippen LogP contribution < -0.4 is 5.32 Å². The first kappa shape index (κ1) is 15.4. The molecule has 2 N–H and O–H groups in total. The summed E-state index contributed by atoms with van der Waals surface area (Å²) in [5.74, 6) is -0.500. The van der Waals surface area contributed by atoms with Crippen LogP contribution in [0, 0.1) is 5.92 Å². The third-order valence-corrected chi connectivity index (χ3v) is 3.85. The molecule has 2 rings (SSSR count). The second kappa shape index (κ2) is 7.12. The normalized spacial score (nSPS) is 22.7. The van der Waals surface area contributed by atoms with Crippen molar-refractivity contribution in [3.05, 3.63) is 18.5 Å². The first-order valence-electron chi connectivity index (χ1n) is 7.14. The molecule has 0 aromatic carbocycles. The van der Waals surface area contributed by atoms with Crippen molar-refractivity contribution in [1.82, 2.24) is 14.9 Å². The summed E-state index contributed by atoms with van der Waals surface area (Å²) in [6.07, 6.45) is 5.57. The molecule has 2 unspecified atom stereocenters. The smallest absolute Gasteiger partial charge is 0.320 e. The van der Waals surface area contributed by atoms with Crippen LogP contribution in [0.3, 0.4) is 0 Å². The summed E-state index contributed by atoms with van der Waals surface area (Å²) in [5, 5.41) is 11.9. The molecule has 114 valence electrons. The van der Waals surface area contributed by atoms with E-state index in [1.807, 2.05) is 0 Å². The molecule has 0 aliphatic carbocycles. The van der Waals surface area contributed by atoms with Crippen molar-refractivity contribution < 1.29 is 14.7 Å². The lowest BCUT2D eigenvalue weighted by molar-refractivity contribution is -0.145. The Balaban J connectivity index is 1.94. The van der Waals surface area contributed by atoms with Gasteiger partial charge in [-0.1, -0.05) is 13.3 Å². The highest BCUT2D eigenvalue weighted by molar-refractivity contribution is 5.91. The van der Waals surface area contributed by atoms with Crippen LogP contribution in [0.5, 0.6) is 0 Å². The van der Waals surface area contributed by atoms with Crippen LogP contribution in [0.25, 0.3) is 0 Å². The van der Waals surface area contributed by atoms with Crippen LogP contribution in [0.2, 0.25) is 0 Å². The number of likely N-dealkylation sites (tertiary alicyclic amines) is 1. The minimum Gasteiger partial charge on any atom is -0.480 e. The van der Waals surface area contributed by atoms with Crippen molar-refractivity contribution in [2.24, 2.45) is 5.92 Å². The first-order valence-corrected chi connectivity index (χ1v) is 7.14. The molecule has 1 aromatic rings. The molecule has 1 fully saturated rings. The lowest BCUT2D eigenvalue weighted by Gasteiger charge is -2.36. The van der Waals surface area contributed by atoms with Gasteiger partial charge in [0.25, 0.3) is 0 Å². The summed E-state index contributed by atoms with van der Waals surface area (Å²) < 4.78 is 0. The molecule has 2 heterocycles. The standard InChI is InChI=1S/C14H20N4O3/c1-2-10-4-7-18(11(8-10)13(20)21)9-12(19)17-14-15-5-3-6-16-14/h3,5-6,10-11H,2,4,7-9H2,1H3,(H,20,21)(H,15,16,17,19). The summed E-state index contributed by atoms with van der Waals surface area (Å²) >= 11 is 0. The maximum absolute atomic E-state index is 12.0. The van der Waals surface area contributed by atoms with E-state index >= 15 is 0 Å². The van der Waals surface area contributed by atoms with Crippen molar-refractivity contribution in [1.29, 1.82) is 0 Å². The number of carboxylic acid groups (broad SMARTS) is 1. The molecule has 1 aliphatic heterocycles. The van der Waals surface area contributed by atoms with Crippen molar-refractivity contribution in [3.8, 4) is 0 Å². The molecule has 1 aromatic heterocycles. The lowest BCUT2D eigenvalue weighted by Crippen LogP contribution is -2.49. The Labute approximate surface area is 123 Å². The summed E-state index contributed by atoms with van der Waals surface area (Å²) in [4.78, 5) is 32.9. The van der Waals surface area contributed by atoms with Gasteiger partial charge in [-0.05, 0) is 31.4 Å². The zero-order chi connectivity index (χ0) is 15.2. The van der Waals surface area contributed by atoms with Crippen molar-refractivity contribution in [2.45, 2.75) is 32.2 Å². The van der Waals surface area contributed by atoms with E-state index in [9.17, 15) is 14.7 Å². The van der Waals surface area contributed by atoms with Gasteiger partial charge in [0.1, 0.15) is 6.04 Å². The average Bonchev–Trinajstić information content (AvgIpc) is 2.48. The number of aromatic nitrogens is 2. The van der Waals surface area contributed by atoms with Crippen LogP contribution in [0.15, 0.2) is 18.5 Å². The highest BCUT2D eigenvalue weighted by atomic mass is 16.4. The van der Waals surface area contributed by atoms with E-state index < -0.39 is 12.0 Å². The van der Waals surface area contributed by atoms with E-state index in [1.54, 1.807) is 11.0 Å². The van der Waals surface area contributed by atoms with Crippen LogP contribution >= 0.6 is 0 Å². The predicted octanol–water partition coefficient (Wildman–Crippen LogP) is 0.990. The molecule has 0 spiro atoms. The largest absolute Gasteiger partial charge is 0.480 e. The fourth-order valence-electron chi connectivity index (χ4n) is 2.62. The maximum Gasteiger partial charge on any atom is 0.320 e. The van der Waals surface area contributed by atoms with Crippen molar-refractivity contribution in [3.63, 3.8) is 0 Å². The number of carbonyl (C=O) groups excluding carboxylic acids is 1. The van der Waals surface area contributed by atoms with Gasteiger partial charge in [-0.3, -0.25) is 19.8 Å². The van der Waals surface area contributed by atoms with E-state index in [2.05, 4.69) is 22.2 Å². The van der Waals surface area contributed by atoms with Gasteiger partial charge in [0.15, 0.2) is 0 Å². The van der Waals surface area contributed by atoms with Crippen LogP contribution in [0.1, 0.15) is 26.2 Å². The monoisotopic (exact) mass is 292 g/mol. The molecule has 1 saturated heterocycles. The average molecular weight is 292 g/mol. The number of rotatable bonds is 5. The van der Waals surface area contributed by atoms with Gasteiger partial charge in [0.2, 0.25) is 11.9 Å². The van der Waals surface area contributed by atoms with Gasteiger partial charge in [-0.25, -0.2) is 9.97 Å². The highest BCUT2D eigenvalue weighted by Gasteiger charge is 2.33. The fourth-order valence-corrected chi connectivity index (χ4v) is 2.62. The number of carbonyl (C=O) groups is 2. The molecular weight excluding hydrogens is 272 g/mol. The molecule has 1 amide bonds. The van der Waals surface area contributed by atoms with Crippen LogP contribution in [0.4, 0.5) is 5.95 Å². The van der Waals surface area contributed by atoms with Gasteiger partial charge in [-0.15, -0.1) is 0 Å². The molecule has 0 saturated carbocycles. The summed E-state index contributed by atoms with van der Waals surface area (Å²) in [7, 11) is 0. The Bertz CT molecular complexity index is 494. The minimum absolute atomic E-state index is 0.0473. The quantitative estimate of drug-likeness (QED) is 0.840. The number of amides is 1. The number of carboxylic acids is 1. The zero-order valence-corrected chi connectivity index (χ0v) is 12.0. The van der Waals surface area contributed by atoms with Gasteiger partial charge < -0.3 is 5.11 Å². The summed E-state index contributed by atoms with van der Waals surface area (Å²) in [6, 6.07) is 1.07. The second-order valence-corrected chi connectivity index (χ2v) is 5.24. The molecular formula is C14H20N4O3. The van der Waals surface area contributed by atoms with E-state index in [0.29, 0.717) is 18.9 Å². The lowest BCUT2D eigenvalue weighted by atomic mass is 9.89. The first-order chi connectivity index (χ1) is 10.1. The fraction of sp³-hybridized carbons (Fsp3) is 0.571. The van der Waals surface area contributed by atoms with E-state index in [1.165, 1.54) is 12.4 Å². The van der Waals surface area contributed by atoms with Crippen LogP contribution in [-0.4, -0.2) is 51.0 Å². The SMILES string of the molecule is CCC1CCN(CC(=O)Nc2ncccn2)C(C(=O)O)C1. The van der Waals surface area contributed by atoms with E-state index in [4.69, 9.17) is 0 Å². The number of anilines is 1. The Kier molecular flexibility index (Phi) is 5.21. The second-order valence-electron chi connectivity index (χ2n) is 5.24. The Morgan fingerprint density at radius 2 is 2.14 bits per heavy atom. The number of nitrogens with zero attached hydrogens (tertiary/aromatic N) is 3. The molecule has 7 heteroatoms. The van der Waals surface area contributed by atoms with Gasteiger partial charge in [0, 0.05) is 12.4 Å². The molecule has 0 radical (unpaired) electrons.